The molecule has 2 aromatic rings. The predicted octanol–water partition coefficient (Wildman–Crippen LogP) is 1.84. The molecule has 72 valence electrons. The van der Waals surface area contributed by atoms with Crippen LogP contribution in [-0.2, 0) is 0 Å². The molecule has 4 N–H and O–H groups in total. The number of aromatic nitrogens is 1. The van der Waals surface area contributed by atoms with Crippen LogP contribution in [0.2, 0.25) is 0 Å². The molecular weight excluding hydrogens is 174 g/mol. The molecule has 0 amide bonds. The molecular formula is C11H13N3. The van der Waals surface area contributed by atoms with Crippen molar-refractivity contribution >= 4 is 16.5 Å². The lowest BCUT2D eigenvalue weighted by Crippen LogP contribution is -2.07. The number of rotatable bonds is 1. The number of hydrogen-bond donors (Lipinski definition) is 2. The standard InChI is InChI=1S/C11H13N3/c1-7(12)11-9-3-2-4-10(13)8(9)5-6-14-11/h2-7H,12-13H2,1H3/t7-/m0/s1. The van der Waals surface area contributed by atoms with Gasteiger partial charge >= 0.3 is 0 Å². The molecule has 1 aromatic heterocycles. The van der Waals surface area contributed by atoms with Crippen LogP contribution in [0.4, 0.5) is 5.69 Å². The highest BCUT2D eigenvalue weighted by Gasteiger charge is 2.07. The molecule has 2 rings (SSSR count). The summed E-state index contributed by atoms with van der Waals surface area (Å²) in [6.07, 6.45) is 1.75. The molecule has 0 radical (unpaired) electrons. The SMILES string of the molecule is C[C@H](N)c1nccc2c(N)cccc12. The van der Waals surface area contributed by atoms with Crippen molar-refractivity contribution in [2.45, 2.75) is 13.0 Å². The molecule has 0 fully saturated rings. The second kappa shape index (κ2) is 3.27. The van der Waals surface area contributed by atoms with E-state index >= 15 is 0 Å². The van der Waals surface area contributed by atoms with Gasteiger partial charge < -0.3 is 11.5 Å². The molecule has 0 saturated carbocycles. The molecule has 0 unspecified atom stereocenters. The molecule has 0 saturated heterocycles. The first-order valence-electron chi connectivity index (χ1n) is 4.59. The number of hydrogen-bond acceptors (Lipinski definition) is 3. The molecule has 3 nitrogen and oxygen atoms in total. The van der Waals surface area contributed by atoms with E-state index in [1.54, 1.807) is 6.20 Å². The molecule has 3 heteroatoms. The van der Waals surface area contributed by atoms with Crippen LogP contribution in [0.5, 0.6) is 0 Å². The van der Waals surface area contributed by atoms with Crippen molar-refractivity contribution in [2.24, 2.45) is 5.73 Å². The first-order chi connectivity index (χ1) is 6.70. The number of nitrogens with zero attached hydrogens (tertiary/aromatic N) is 1. The third-order valence-electron chi connectivity index (χ3n) is 2.30. The number of fused-ring (bicyclic) bond motifs is 1. The van der Waals surface area contributed by atoms with Crippen molar-refractivity contribution in [1.29, 1.82) is 0 Å². The van der Waals surface area contributed by atoms with Crippen molar-refractivity contribution in [1.82, 2.24) is 4.98 Å². The Balaban J connectivity index is 2.81. The first-order valence-corrected chi connectivity index (χ1v) is 4.59. The molecule has 0 spiro atoms. The highest BCUT2D eigenvalue weighted by molar-refractivity contribution is 5.94. The van der Waals surface area contributed by atoms with E-state index in [4.69, 9.17) is 11.5 Å². The monoisotopic (exact) mass is 187 g/mol. The lowest BCUT2D eigenvalue weighted by molar-refractivity contribution is 0.791. The lowest BCUT2D eigenvalue weighted by atomic mass is 10.1. The minimum Gasteiger partial charge on any atom is -0.398 e. The van der Waals surface area contributed by atoms with E-state index < -0.39 is 0 Å². The van der Waals surface area contributed by atoms with Gasteiger partial charge in [-0.3, -0.25) is 4.98 Å². The molecule has 0 aliphatic carbocycles. The highest BCUT2D eigenvalue weighted by atomic mass is 14.8. The largest absolute Gasteiger partial charge is 0.398 e. The summed E-state index contributed by atoms with van der Waals surface area (Å²) in [6, 6.07) is 7.65. The quantitative estimate of drug-likeness (QED) is 0.669. The van der Waals surface area contributed by atoms with E-state index in [1.807, 2.05) is 31.2 Å². The summed E-state index contributed by atoms with van der Waals surface area (Å²) in [6.45, 7) is 1.92. The molecule has 0 aliphatic heterocycles. The van der Waals surface area contributed by atoms with Crippen molar-refractivity contribution < 1.29 is 0 Å². The highest BCUT2D eigenvalue weighted by Crippen LogP contribution is 2.24. The average Bonchev–Trinajstić information content (AvgIpc) is 2.17. The Labute approximate surface area is 82.7 Å². The van der Waals surface area contributed by atoms with E-state index in [-0.39, 0.29) is 6.04 Å². The van der Waals surface area contributed by atoms with Gasteiger partial charge in [0.15, 0.2) is 0 Å². The Morgan fingerprint density at radius 1 is 1.21 bits per heavy atom. The summed E-state index contributed by atoms with van der Waals surface area (Å²) in [7, 11) is 0. The van der Waals surface area contributed by atoms with Gasteiger partial charge in [0.1, 0.15) is 0 Å². The zero-order valence-corrected chi connectivity index (χ0v) is 8.07. The van der Waals surface area contributed by atoms with E-state index in [0.29, 0.717) is 0 Å². The van der Waals surface area contributed by atoms with Crippen LogP contribution in [0, 0.1) is 0 Å². The Kier molecular flexibility index (Phi) is 2.09. The smallest absolute Gasteiger partial charge is 0.0647 e. The van der Waals surface area contributed by atoms with Crippen LogP contribution in [0.25, 0.3) is 10.8 Å². The second-order valence-electron chi connectivity index (χ2n) is 3.43. The molecule has 1 heterocycles. The molecule has 1 aromatic carbocycles. The molecule has 1 atom stereocenters. The Hall–Kier alpha value is -1.61. The van der Waals surface area contributed by atoms with Crippen molar-refractivity contribution in [3.8, 4) is 0 Å². The maximum Gasteiger partial charge on any atom is 0.0647 e. The summed E-state index contributed by atoms with van der Waals surface area (Å²) in [5, 5.41) is 2.07. The van der Waals surface area contributed by atoms with Gasteiger partial charge in [-0.15, -0.1) is 0 Å². The van der Waals surface area contributed by atoms with Gasteiger partial charge in [0.2, 0.25) is 0 Å². The summed E-state index contributed by atoms with van der Waals surface area (Å²) < 4.78 is 0. The van der Waals surface area contributed by atoms with Crippen LogP contribution >= 0.6 is 0 Å². The fraction of sp³-hybridized carbons (Fsp3) is 0.182. The minimum absolute atomic E-state index is 0.0690. The van der Waals surface area contributed by atoms with Gasteiger partial charge in [-0.25, -0.2) is 0 Å². The third kappa shape index (κ3) is 1.32. The summed E-state index contributed by atoms with van der Waals surface area (Å²) in [5.74, 6) is 0. The number of anilines is 1. The summed E-state index contributed by atoms with van der Waals surface area (Å²) in [5.41, 5.74) is 13.4. The van der Waals surface area contributed by atoms with Crippen LogP contribution in [0.3, 0.4) is 0 Å². The minimum atomic E-state index is -0.0690. The van der Waals surface area contributed by atoms with Gasteiger partial charge in [-0.05, 0) is 19.1 Å². The fourth-order valence-electron chi connectivity index (χ4n) is 1.62. The summed E-state index contributed by atoms with van der Waals surface area (Å²) in [4.78, 5) is 4.27. The van der Waals surface area contributed by atoms with Gasteiger partial charge in [-0.1, -0.05) is 12.1 Å². The average molecular weight is 187 g/mol. The van der Waals surface area contributed by atoms with Crippen LogP contribution in [0.15, 0.2) is 30.5 Å². The topological polar surface area (TPSA) is 64.9 Å². The lowest BCUT2D eigenvalue weighted by Gasteiger charge is -2.09. The Morgan fingerprint density at radius 2 is 2.00 bits per heavy atom. The second-order valence-corrected chi connectivity index (χ2v) is 3.43. The van der Waals surface area contributed by atoms with E-state index in [2.05, 4.69) is 4.98 Å². The molecule has 0 aliphatic rings. The number of nitrogen functional groups attached to an aromatic ring is 1. The van der Waals surface area contributed by atoms with E-state index in [0.717, 1.165) is 22.2 Å². The maximum absolute atomic E-state index is 5.86. The maximum atomic E-state index is 5.86. The number of nitrogens with two attached hydrogens (primary N) is 2. The zero-order chi connectivity index (χ0) is 10.1. The predicted molar refractivity (Wildman–Crippen MR) is 58.8 cm³/mol. The third-order valence-corrected chi connectivity index (χ3v) is 2.30. The van der Waals surface area contributed by atoms with Crippen LogP contribution in [0.1, 0.15) is 18.7 Å². The van der Waals surface area contributed by atoms with Crippen molar-refractivity contribution in [3.63, 3.8) is 0 Å². The van der Waals surface area contributed by atoms with Gasteiger partial charge in [-0.2, -0.15) is 0 Å². The Bertz CT molecular complexity index is 463. The number of pyridine rings is 1. The van der Waals surface area contributed by atoms with Crippen molar-refractivity contribution in [3.05, 3.63) is 36.2 Å². The summed E-state index contributed by atoms with van der Waals surface area (Å²) >= 11 is 0. The van der Waals surface area contributed by atoms with Crippen molar-refractivity contribution in [2.75, 3.05) is 5.73 Å². The van der Waals surface area contributed by atoms with Gasteiger partial charge in [0.25, 0.3) is 0 Å². The number of benzene rings is 1. The van der Waals surface area contributed by atoms with Crippen LogP contribution < -0.4 is 11.5 Å². The first kappa shape index (κ1) is 8.97. The normalized spacial score (nSPS) is 13.0. The van der Waals surface area contributed by atoms with E-state index in [9.17, 15) is 0 Å². The fourth-order valence-corrected chi connectivity index (χ4v) is 1.62. The Morgan fingerprint density at radius 3 is 2.71 bits per heavy atom. The molecule has 0 bridgehead atoms. The van der Waals surface area contributed by atoms with Gasteiger partial charge in [0.05, 0.1) is 5.69 Å². The zero-order valence-electron chi connectivity index (χ0n) is 8.07. The molecule has 14 heavy (non-hydrogen) atoms. The van der Waals surface area contributed by atoms with E-state index in [1.165, 1.54) is 0 Å². The van der Waals surface area contributed by atoms with Gasteiger partial charge in [0, 0.05) is 28.7 Å². The van der Waals surface area contributed by atoms with Crippen LogP contribution in [-0.4, -0.2) is 4.98 Å².